The second-order valence-electron chi connectivity index (χ2n) is 5.91. The van der Waals surface area contributed by atoms with Crippen molar-refractivity contribution in [2.75, 3.05) is 6.61 Å². The Morgan fingerprint density at radius 1 is 1.30 bits per heavy atom. The minimum atomic E-state index is -0.208. The van der Waals surface area contributed by atoms with E-state index < -0.39 is 0 Å². The van der Waals surface area contributed by atoms with E-state index in [1.807, 2.05) is 19.2 Å². The molecule has 2 N–H and O–H groups in total. The third-order valence-electron chi connectivity index (χ3n) is 4.07. The van der Waals surface area contributed by atoms with Gasteiger partial charge in [0, 0.05) is 12.4 Å². The van der Waals surface area contributed by atoms with E-state index in [0.29, 0.717) is 12.5 Å². The van der Waals surface area contributed by atoms with Crippen LogP contribution < -0.4 is 10.5 Å². The Kier molecular flexibility index (Phi) is 3.61. The molecule has 5 nitrogen and oxygen atoms in total. The number of ether oxygens (including phenoxy) is 1. The van der Waals surface area contributed by atoms with Crippen LogP contribution in [-0.2, 0) is 0 Å². The first kappa shape index (κ1) is 13.4. The van der Waals surface area contributed by atoms with Crippen LogP contribution in [0.5, 0.6) is 5.88 Å². The molecular formula is C15H22N4O. The third kappa shape index (κ3) is 2.77. The van der Waals surface area contributed by atoms with Gasteiger partial charge in [-0.25, -0.2) is 9.50 Å². The second-order valence-corrected chi connectivity index (χ2v) is 5.91. The smallest absolute Gasteiger partial charge is 0.240 e. The van der Waals surface area contributed by atoms with Crippen molar-refractivity contribution in [3.05, 3.63) is 24.2 Å². The van der Waals surface area contributed by atoms with E-state index >= 15 is 0 Å². The van der Waals surface area contributed by atoms with Crippen molar-refractivity contribution in [1.82, 2.24) is 14.6 Å². The molecule has 20 heavy (non-hydrogen) atoms. The van der Waals surface area contributed by atoms with Crippen molar-refractivity contribution in [2.24, 2.45) is 5.73 Å². The lowest BCUT2D eigenvalue weighted by atomic mass is 9.93. The Morgan fingerprint density at radius 2 is 2.05 bits per heavy atom. The zero-order valence-electron chi connectivity index (χ0n) is 12.0. The summed E-state index contributed by atoms with van der Waals surface area (Å²) in [5, 5.41) is 4.37. The number of nitrogens with zero attached hydrogens (tertiary/aromatic N) is 3. The zero-order chi connectivity index (χ0) is 14.0. The number of nitrogens with two attached hydrogens (primary N) is 1. The fourth-order valence-electron chi connectivity index (χ4n) is 2.92. The molecule has 0 radical (unpaired) electrons. The molecule has 1 saturated carbocycles. The molecule has 0 unspecified atom stereocenters. The number of aromatic nitrogens is 3. The molecule has 0 atom stereocenters. The minimum absolute atomic E-state index is 0.208. The summed E-state index contributed by atoms with van der Waals surface area (Å²) in [7, 11) is 0. The average molecular weight is 274 g/mol. The van der Waals surface area contributed by atoms with Crippen molar-refractivity contribution in [3.8, 4) is 5.88 Å². The van der Waals surface area contributed by atoms with Gasteiger partial charge >= 0.3 is 0 Å². The van der Waals surface area contributed by atoms with E-state index in [2.05, 4.69) is 10.1 Å². The minimum Gasteiger partial charge on any atom is -0.474 e. The molecule has 0 spiro atoms. The lowest BCUT2D eigenvalue weighted by molar-refractivity contribution is 0.195. The molecule has 0 amide bonds. The Balaban J connectivity index is 1.76. The van der Waals surface area contributed by atoms with Crippen LogP contribution in [0.15, 0.2) is 18.5 Å². The van der Waals surface area contributed by atoms with Gasteiger partial charge in [-0.2, -0.15) is 5.10 Å². The predicted octanol–water partition coefficient (Wildman–Crippen LogP) is 2.47. The summed E-state index contributed by atoms with van der Waals surface area (Å²) >= 11 is 0. The fourth-order valence-corrected chi connectivity index (χ4v) is 2.92. The molecule has 108 valence electrons. The first-order valence-electron chi connectivity index (χ1n) is 7.39. The Morgan fingerprint density at radius 3 is 2.80 bits per heavy atom. The molecule has 0 saturated heterocycles. The fraction of sp³-hybridized carbons (Fsp3) is 0.600. The molecule has 0 bridgehead atoms. The van der Waals surface area contributed by atoms with E-state index in [9.17, 15) is 0 Å². The number of aryl methyl sites for hydroxylation is 1. The van der Waals surface area contributed by atoms with Crippen molar-refractivity contribution in [2.45, 2.75) is 51.0 Å². The first-order chi connectivity index (χ1) is 9.66. The molecule has 2 aromatic heterocycles. The van der Waals surface area contributed by atoms with Gasteiger partial charge < -0.3 is 10.5 Å². The molecule has 0 aromatic carbocycles. The Hall–Kier alpha value is -1.62. The van der Waals surface area contributed by atoms with Crippen molar-refractivity contribution >= 4 is 5.52 Å². The van der Waals surface area contributed by atoms with Crippen LogP contribution in [0.3, 0.4) is 0 Å². The highest BCUT2D eigenvalue weighted by Gasteiger charge is 2.27. The van der Waals surface area contributed by atoms with Gasteiger partial charge in [-0.05, 0) is 25.8 Å². The maximum atomic E-state index is 6.48. The van der Waals surface area contributed by atoms with E-state index in [1.165, 1.54) is 25.7 Å². The largest absolute Gasteiger partial charge is 0.474 e. The summed E-state index contributed by atoms with van der Waals surface area (Å²) in [6.07, 6.45) is 10.6. The van der Waals surface area contributed by atoms with Gasteiger partial charge in [-0.1, -0.05) is 25.7 Å². The Labute approximate surface area is 119 Å². The summed E-state index contributed by atoms with van der Waals surface area (Å²) in [5.41, 5.74) is 8.14. The highest BCUT2D eigenvalue weighted by atomic mass is 16.5. The number of hydrogen-bond acceptors (Lipinski definition) is 4. The predicted molar refractivity (Wildman–Crippen MR) is 77.8 cm³/mol. The summed E-state index contributed by atoms with van der Waals surface area (Å²) in [6, 6.07) is 1.98. The van der Waals surface area contributed by atoms with Crippen LogP contribution in [0.1, 0.15) is 44.2 Å². The van der Waals surface area contributed by atoms with Gasteiger partial charge in [0.15, 0.2) is 0 Å². The van der Waals surface area contributed by atoms with E-state index in [4.69, 9.17) is 10.5 Å². The van der Waals surface area contributed by atoms with Crippen LogP contribution in [0, 0.1) is 6.92 Å². The lowest BCUT2D eigenvalue weighted by Crippen LogP contribution is -2.45. The molecular weight excluding hydrogens is 252 g/mol. The molecule has 1 fully saturated rings. The van der Waals surface area contributed by atoms with E-state index in [0.717, 1.165) is 24.1 Å². The van der Waals surface area contributed by atoms with Crippen LogP contribution >= 0.6 is 0 Å². The number of hydrogen-bond donors (Lipinski definition) is 1. The van der Waals surface area contributed by atoms with Crippen LogP contribution in [0.25, 0.3) is 5.52 Å². The summed E-state index contributed by atoms with van der Waals surface area (Å²) in [5.74, 6) is 0.627. The number of rotatable bonds is 3. The molecule has 5 heteroatoms. The first-order valence-corrected chi connectivity index (χ1v) is 7.39. The van der Waals surface area contributed by atoms with Crippen molar-refractivity contribution in [3.63, 3.8) is 0 Å². The molecule has 1 aliphatic rings. The van der Waals surface area contributed by atoms with Crippen molar-refractivity contribution < 1.29 is 4.74 Å². The lowest BCUT2D eigenvalue weighted by Gasteiger charge is -2.27. The quantitative estimate of drug-likeness (QED) is 0.873. The second kappa shape index (κ2) is 5.40. The topological polar surface area (TPSA) is 65.4 Å². The molecule has 0 aliphatic heterocycles. The van der Waals surface area contributed by atoms with Gasteiger partial charge in [0.2, 0.25) is 5.88 Å². The van der Waals surface area contributed by atoms with Gasteiger partial charge in [0.1, 0.15) is 12.1 Å². The van der Waals surface area contributed by atoms with Gasteiger partial charge in [-0.15, -0.1) is 0 Å². The standard InChI is InChI=1S/C15H22N4O/c1-12-10-13-14(17-8-9-19(13)18-12)20-11-15(16)6-4-2-3-5-7-15/h8-10H,2-7,11,16H2,1H3. The van der Waals surface area contributed by atoms with Gasteiger partial charge in [-0.3, -0.25) is 0 Å². The highest BCUT2D eigenvalue weighted by Crippen LogP contribution is 2.26. The van der Waals surface area contributed by atoms with Gasteiger partial charge in [0.05, 0.1) is 11.2 Å². The summed E-state index contributed by atoms with van der Waals surface area (Å²) in [4.78, 5) is 4.32. The summed E-state index contributed by atoms with van der Waals surface area (Å²) in [6.45, 7) is 2.50. The van der Waals surface area contributed by atoms with Crippen LogP contribution in [-0.4, -0.2) is 26.7 Å². The van der Waals surface area contributed by atoms with Crippen molar-refractivity contribution in [1.29, 1.82) is 0 Å². The molecule has 2 heterocycles. The zero-order valence-corrected chi connectivity index (χ0v) is 12.0. The SMILES string of the molecule is Cc1cc2c(OCC3(N)CCCCCC3)nccn2n1. The third-order valence-corrected chi connectivity index (χ3v) is 4.07. The molecule has 1 aliphatic carbocycles. The molecule has 2 aromatic rings. The average Bonchev–Trinajstić information content (AvgIpc) is 2.67. The van der Waals surface area contributed by atoms with E-state index in [1.54, 1.807) is 10.7 Å². The van der Waals surface area contributed by atoms with Gasteiger partial charge in [0.25, 0.3) is 0 Å². The maximum Gasteiger partial charge on any atom is 0.240 e. The van der Waals surface area contributed by atoms with E-state index in [-0.39, 0.29) is 5.54 Å². The highest BCUT2D eigenvalue weighted by molar-refractivity contribution is 5.56. The van der Waals surface area contributed by atoms with Crippen LogP contribution in [0.4, 0.5) is 0 Å². The maximum absolute atomic E-state index is 6.48. The molecule has 3 rings (SSSR count). The van der Waals surface area contributed by atoms with Crippen LogP contribution in [0.2, 0.25) is 0 Å². The Bertz CT molecular complexity index is 585. The monoisotopic (exact) mass is 274 g/mol. The number of fused-ring (bicyclic) bond motifs is 1. The summed E-state index contributed by atoms with van der Waals surface area (Å²) < 4.78 is 7.73. The normalized spacial score (nSPS) is 18.9.